The number of primary amides is 1. The molecule has 2 heterocycles. The van der Waals surface area contributed by atoms with E-state index in [-0.39, 0.29) is 18.1 Å². The Labute approximate surface area is 182 Å². The molecule has 0 atom stereocenters. The lowest BCUT2D eigenvalue weighted by molar-refractivity contribution is -0.118. The predicted molar refractivity (Wildman–Crippen MR) is 119 cm³/mol. The molecule has 0 unspecified atom stereocenters. The van der Waals surface area contributed by atoms with E-state index in [9.17, 15) is 9.59 Å². The quantitative estimate of drug-likeness (QED) is 0.354. The molecule has 162 valence electrons. The Morgan fingerprint density at radius 2 is 2.00 bits per heavy atom. The first-order valence-corrected chi connectivity index (χ1v) is 11.5. The summed E-state index contributed by atoms with van der Waals surface area (Å²) in [4.78, 5) is 23.8. The van der Waals surface area contributed by atoms with Gasteiger partial charge >= 0.3 is 0 Å². The number of nitrogens with zero attached hydrogens (tertiary/aromatic N) is 4. The van der Waals surface area contributed by atoms with Gasteiger partial charge < -0.3 is 14.9 Å². The highest BCUT2D eigenvalue weighted by Crippen LogP contribution is 2.24. The van der Waals surface area contributed by atoms with Crippen LogP contribution in [0.2, 0.25) is 0 Å². The van der Waals surface area contributed by atoms with E-state index in [1.165, 1.54) is 37.4 Å². The number of Topliss-reactive ketones (excluding diaryl/α,β-unsaturated/α-hetero) is 1. The van der Waals surface area contributed by atoms with Gasteiger partial charge in [-0.2, -0.15) is 0 Å². The molecule has 7 nitrogen and oxygen atoms in total. The van der Waals surface area contributed by atoms with Gasteiger partial charge in [0, 0.05) is 43.4 Å². The van der Waals surface area contributed by atoms with Gasteiger partial charge in [-0.25, -0.2) is 0 Å². The number of hydrogen-bond acceptors (Lipinski definition) is 5. The standard InChI is InChI=1S/C22H31N5O2S/c1-15-13-18(16(2)27(15)12-11-17-7-5-4-6-8-17)19(28)14-30-22-25-24-21(26(22)3)10-9-20(23)29/h7,13H,4-6,8-12,14H2,1-3H3,(H2,23,29). The Bertz CT molecular complexity index is 957. The van der Waals surface area contributed by atoms with E-state index >= 15 is 0 Å². The first kappa shape index (κ1) is 22.3. The number of nitrogens with two attached hydrogens (primary N) is 1. The third-order valence-electron chi connectivity index (χ3n) is 5.77. The first-order valence-electron chi connectivity index (χ1n) is 10.5. The van der Waals surface area contributed by atoms with Crippen molar-refractivity contribution >= 4 is 23.5 Å². The molecular formula is C22H31N5O2S. The molecule has 0 fully saturated rings. The number of hydrogen-bond donors (Lipinski definition) is 1. The Hall–Kier alpha value is -2.35. The van der Waals surface area contributed by atoms with Crippen LogP contribution in [0.5, 0.6) is 0 Å². The maximum Gasteiger partial charge on any atom is 0.217 e. The van der Waals surface area contributed by atoms with Gasteiger partial charge in [0.15, 0.2) is 10.9 Å². The van der Waals surface area contributed by atoms with Crippen LogP contribution in [-0.2, 0) is 24.8 Å². The highest BCUT2D eigenvalue weighted by molar-refractivity contribution is 7.99. The molecule has 0 saturated heterocycles. The second-order valence-electron chi connectivity index (χ2n) is 7.93. The van der Waals surface area contributed by atoms with Crippen LogP contribution in [0.4, 0.5) is 0 Å². The number of aryl methyl sites for hydroxylation is 2. The van der Waals surface area contributed by atoms with Crippen molar-refractivity contribution in [2.24, 2.45) is 12.8 Å². The number of thioether (sulfide) groups is 1. The van der Waals surface area contributed by atoms with E-state index in [1.54, 1.807) is 5.57 Å². The maximum atomic E-state index is 12.9. The van der Waals surface area contributed by atoms with Gasteiger partial charge in [-0.3, -0.25) is 9.59 Å². The zero-order valence-corrected chi connectivity index (χ0v) is 18.9. The summed E-state index contributed by atoms with van der Waals surface area (Å²) in [5.74, 6) is 0.728. The summed E-state index contributed by atoms with van der Waals surface area (Å²) in [5, 5.41) is 8.92. The largest absolute Gasteiger partial charge is 0.370 e. The zero-order valence-electron chi connectivity index (χ0n) is 18.1. The molecule has 2 aromatic rings. The second kappa shape index (κ2) is 10.1. The molecule has 2 N–H and O–H groups in total. The first-order chi connectivity index (χ1) is 14.4. The Kier molecular flexibility index (Phi) is 7.53. The number of carbonyl (C=O) groups excluding carboxylic acids is 2. The van der Waals surface area contributed by atoms with Gasteiger partial charge in [0.05, 0.1) is 5.75 Å². The number of allylic oxidation sites excluding steroid dienone is 2. The van der Waals surface area contributed by atoms with Crippen molar-refractivity contribution in [1.29, 1.82) is 0 Å². The number of ketones is 1. The van der Waals surface area contributed by atoms with Crippen LogP contribution in [0.25, 0.3) is 0 Å². The average molecular weight is 430 g/mol. The van der Waals surface area contributed by atoms with Crippen LogP contribution in [0.1, 0.15) is 66.1 Å². The van der Waals surface area contributed by atoms with E-state index in [0.29, 0.717) is 23.2 Å². The normalized spacial score (nSPS) is 14.0. The molecule has 0 spiro atoms. The minimum absolute atomic E-state index is 0.0953. The molecule has 2 aromatic heterocycles. The van der Waals surface area contributed by atoms with Crippen LogP contribution in [0.15, 0.2) is 22.9 Å². The zero-order chi connectivity index (χ0) is 21.7. The SMILES string of the molecule is Cc1cc(C(=O)CSc2nnc(CCC(N)=O)n2C)c(C)n1CCC1=CCCCC1. The van der Waals surface area contributed by atoms with Crippen molar-refractivity contribution < 1.29 is 9.59 Å². The summed E-state index contributed by atoms with van der Waals surface area (Å²) in [5.41, 5.74) is 9.70. The minimum Gasteiger partial charge on any atom is -0.370 e. The summed E-state index contributed by atoms with van der Waals surface area (Å²) >= 11 is 1.37. The summed E-state index contributed by atoms with van der Waals surface area (Å²) in [6.45, 7) is 5.03. The van der Waals surface area contributed by atoms with E-state index in [0.717, 1.165) is 29.9 Å². The van der Waals surface area contributed by atoms with Crippen LogP contribution < -0.4 is 5.73 Å². The van der Waals surface area contributed by atoms with Crippen molar-refractivity contribution in [2.45, 2.75) is 70.5 Å². The number of amides is 1. The second-order valence-corrected chi connectivity index (χ2v) is 8.87. The lowest BCUT2D eigenvalue weighted by Crippen LogP contribution is -2.13. The van der Waals surface area contributed by atoms with Crippen molar-refractivity contribution in [3.8, 4) is 0 Å². The van der Waals surface area contributed by atoms with Gasteiger partial charge in [-0.1, -0.05) is 23.4 Å². The molecule has 1 amide bonds. The third kappa shape index (κ3) is 5.41. The monoisotopic (exact) mass is 429 g/mol. The van der Waals surface area contributed by atoms with Gasteiger partial charge in [0.2, 0.25) is 5.91 Å². The lowest BCUT2D eigenvalue weighted by Gasteiger charge is -2.15. The fourth-order valence-corrected chi connectivity index (χ4v) is 4.76. The maximum absolute atomic E-state index is 12.9. The van der Waals surface area contributed by atoms with Gasteiger partial charge in [-0.15, -0.1) is 10.2 Å². The molecule has 0 bridgehead atoms. The van der Waals surface area contributed by atoms with Crippen molar-refractivity contribution in [3.63, 3.8) is 0 Å². The third-order valence-corrected chi connectivity index (χ3v) is 6.79. The molecule has 3 rings (SSSR count). The summed E-state index contributed by atoms with van der Waals surface area (Å²) < 4.78 is 4.08. The lowest BCUT2D eigenvalue weighted by atomic mass is 9.97. The van der Waals surface area contributed by atoms with Crippen molar-refractivity contribution in [2.75, 3.05) is 5.75 Å². The Balaban J connectivity index is 1.60. The van der Waals surface area contributed by atoms with E-state index in [1.807, 2.05) is 24.6 Å². The fourth-order valence-electron chi connectivity index (χ4n) is 3.95. The fraction of sp³-hybridized carbons (Fsp3) is 0.545. The van der Waals surface area contributed by atoms with Gasteiger partial charge in [-0.05, 0) is 52.0 Å². The number of aromatic nitrogens is 4. The van der Waals surface area contributed by atoms with E-state index < -0.39 is 0 Å². The highest BCUT2D eigenvalue weighted by atomic mass is 32.2. The molecule has 1 aliphatic carbocycles. The molecule has 30 heavy (non-hydrogen) atoms. The molecule has 0 radical (unpaired) electrons. The van der Waals surface area contributed by atoms with Crippen molar-refractivity contribution in [3.05, 3.63) is 40.5 Å². The molecule has 8 heteroatoms. The summed E-state index contributed by atoms with van der Waals surface area (Å²) in [6.07, 6.45) is 9.14. The van der Waals surface area contributed by atoms with Gasteiger partial charge in [0.1, 0.15) is 5.82 Å². The van der Waals surface area contributed by atoms with Gasteiger partial charge in [0.25, 0.3) is 0 Å². The molecule has 0 aromatic carbocycles. The van der Waals surface area contributed by atoms with E-state index in [4.69, 9.17) is 5.73 Å². The molecular weight excluding hydrogens is 398 g/mol. The van der Waals surface area contributed by atoms with Crippen LogP contribution in [0.3, 0.4) is 0 Å². The molecule has 0 saturated carbocycles. The summed E-state index contributed by atoms with van der Waals surface area (Å²) in [7, 11) is 1.84. The Morgan fingerprint density at radius 1 is 1.20 bits per heavy atom. The minimum atomic E-state index is -0.363. The van der Waals surface area contributed by atoms with Crippen LogP contribution in [-0.4, -0.2) is 36.8 Å². The Morgan fingerprint density at radius 3 is 2.70 bits per heavy atom. The highest BCUT2D eigenvalue weighted by Gasteiger charge is 2.18. The number of rotatable bonds is 10. The summed E-state index contributed by atoms with van der Waals surface area (Å²) in [6, 6.07) is 2.00. The van der Waals surface area contributed by atoms with Crippen LogP contribution >= 0.6 is 11.8 Å². The molecule has 0 aliphatic heterocycles. The van der Waals surface area contributed by atoms with Crippen molar-refractivity contribution in [1.82, 2.24) is 19.3 Å². The van der Waals surface area contributed by atoms with Crippen LogP contribution in [0, 0.1) is 13.8 Å². The topological polar surface area (TPSA) is 95.8 Å². The number of carbonyl (C=O) groups is 2. The van der Waals surface area contributed by atoms with E-state index in [2.05, 4.69) is 27.8 Å². The average Bonchev–Trinajstić information content (AvgIpc) is 3.22. The smallest absolute Gasteiger partial charge is 0.217 e. The predicted octanol–water partition coefficient (Wildman–Crippen LogP) is 3.52. The molecule has 1 aliphatic rings.